The van der Waals surface area contributed by atoms with Gasteiger partial charge in [-0.25, -0.2) is 0 Å². The standard InChI is InChI=1S/C13H24BrN3O/c1-5-7-15-12(8-10(3)18-4)13-11(14)9-16-17(13)6-2/h9-10,12,15H,5-8H2,1-4H3. The van der Waals surface area contributed by atoms with Crippen molar-refractivity contribution < 1.29 is 4.74 Å². The summed E-state index contributed by atoms with van der Waals surface area (Å²) in [7, 11) is 1.76. The number of hydrogen-bond acceptors (Lipinski definition) is 3. The fourth-order valence-electron chi connectivity index (χ4n) is 2.01. The third-order valence-electron chi connectivity index (χ3n) is 3.07. The summed E-state index contributed by atoms with van der Waals surface area (Å²) in [6, 6.07) is 0.275. The Morgan fingerprint density at radius 1 is 1.50 bits per heavy atom. The minimum Gasteiger partial charge on any atom is -0.382 e. The van der Waals surface area contributed by atoms with Crippen LogP contribution in [-0.2, 0) is 11.3 Å². The quantitative estimate of drug-likeness (QED) is 0.800. The van der Waals surface area contributed by atoms with Crippen LogP contribution in [0.5, 0.6) is 0 Å². The maximum atomic E-state index is 5.39. The van der Waals surface area contributed by atoms with Crippen LogP contribution >= 0.6 is 15.9 Å². The van der Waals surface area contributed by atoms with Gasteiger partial charge in [0.25, 0.3) is 0 Å². The Bertz CT molecular complexity index is 354. The third kappa shape index (κ3) is 4.07. The predicted molar refractivity (Wildman–Crippen MR) is 77.7 cm³/mol. The van der Waals surface area contributed by atoms with Gasteiger partial charge in [0, 0.05) is 13.7 Å². The Balaban J connectivity index is 2.89. The molecule has 1 aromatic rings. The summed E-state index contributed by atoms with van der Waals surface area (Å²) < 4.78 is 8.50. The molecule has 2 unspecified atom stereocenters. The molecule has 0 radical (unpaired) electrons. The molecule has 2 atom stereocenters. The van der Waals surface area contributed by atoms with Crippen molar-refractivity contribution in [1.82, 2.24) is 15.1 Å². The number of hydrogen-bond donors (Lipinski definition) is 1. The van der Waals surface area contributed by atoms with Crippen LogP contribution in [0.15, 0.2) is 10.7 Å². The monoisotopic (exact) mass is 317 g/mol. The fourth-order valence-corrected chi connectivity index (χ4v) is 2.58. The Morgan fingerprint density at radius 3 is 2.78 bits per heavy atom. The lowest BCUT2D eigenvalue weighted by molar-refractivity contribution is 0.0992. The molecule has 1 aromatic heterocycles. The van der Waals surface area contributed by atoms with Gasteiger partial charge in [-0.1, -0.05) is 6.92 Å². The first-order valence-corrected chi connectivity index (χ1v) is 7.40. The van der Waals surface area contributed by atoms with Crippen molar-refractivity contribution in [3.05, 3.63) is 16.4 Å². The van der Waals surface area contributed by atoms with E-state index in [2.05, 4.69) is 47.1 Å². The molecule has 1 heterocycles. The van der Waals surface area contributed by atoms with Gasteiger partial charge in [0.05, 0.1) is 28.5 Å². The zero-order chi connectivity index (χ0) is 13.5. The Hall–Kier alpha value is -0.390. The highest BCUT2D eigenvalue weighted by atomic mass is 79.9. The van der Waals surface area contributed by atoms with Crippen LogP contribution in [0.3, 0.4) is 0 Å². The zero-order valence-corrected chi connectivity index (χ0v) is 13.3. The van der Waals surface area contributed by atoms with Crippen molar-refractivity contribution in [1.29, 1.82) is 0 Å². The van der Waals surface area contributed by atoms with Crippen LogP contribution in [0.4, 0.5) is 0 Å². The number of ether oxygens (including phenoxy) is 1. The molecule has 0 spiro atoms. The number of aromatic nitrogens is 2. The van der Waals surface area contributed by atoms with Gasteiger partial charge in [-0.3, -0.25) is 4.68 Å². The van der Waals surface area contributed by atoms with Crippen molar-refractivity contribution >= 4 is 15.9 Å². The van der Waals surface area contributed by atoms with E-state index >= 15 is 0 Å². The Labute approximate surface area is 118 Å². The zero-order valence-electron chi connectivity index (χ0n) is 11.7. The minimum absolute atomic E-state index is 0.228. The molecule has 0 aliphatic rings. The SMILES string of the molecule is CCCNC(CC(C)OC)c1c(Br)cnn1CC. The molecule has 0 fully saturated rings. The molecule has 104 valence electrons. The lowest BCUT2D eigenvalue weighted by Gasteiger charge is -2.23. The van der Waals surface area contributed by atoms with Crippen LogP contribution in [0.25, 0.3) is 0 Å². The largest absolute Gasteiger partial charge is 0.382 e. The molecule has 0 aromatic carbocycles. The smallest absolute Gasteiger partial charge is 0.0696 e. The van der Waals surface area contributed by atoms with Crippen molar-refractivity contribution in [3.63, 3.8) is 0 Å². The molecule has 18 heavy (non-hydrogen) atoms. The highest BCUT2D eigenvalue weighted by molar-refractivity contribution is 9.10. The topological polar surface area (TPSA) is 39.1 Å². The maximum absolute atomic E-state index is 5.39. The van der Waals surface area contributed by atoms with Crippen molar-refractivity contribution in [2.45, 2.75) is 52.3 Å². The van der Waals surface area contributed by atoms with E-state index in [1.165, 1.54) is 5.69 Å². The maximum Gasteiger partial charge on any atom is 0.0696 e. The second-order valence-corrected chi connectivity index (χ2v) is 5.34. The van der Waals surface area contributed by atoms with E-state index < -0.39 is 0 Å². The van der Waals surface area contributed by atoms with Gasteiger partial charge in [0.1, 0.15) is 0 Å². The summed E-state index contributed by atoms with van der Waals surface area (Å²) in [5.41, 5.74) is 1.22. The molecule has 0 saturated carbocycles. The second kappa shape index (κ2) is 7.92. The van der Waals surface area contributed by atoms with Crippen LogP contribution < -0.4 is 5.32 Å². The van der Waals surface area contributed by atoms with Gasteiger partial charge < -0.3 is 10.1 Å². The van der Waals surface area contributed by atoms with Gasteiger partial charge in [-0.15, -0.1) is 0 Å². The first-order valence-electron chi connectivity index (χ1n) is 6.61. The van der Waals surface area contributed by atoms with Gasteiger partial charge >= 0.3 is 0 Å². The lowest BCUT2D eigenvalue weighted by Crippen LogP contribution is -2.28. The van der Waals surface area contributed by atoms with Crippen molar-refractivity contribution in [2.75, 3.05) is 13.7 Å². The summed E-state index contributed by atoms with van der Waals surface area (Å²) >= 11 is 3.60. The first kappa shape index (κ1) is 15.7. The number of halogens is 1. The van der Waals surface area contributed by atoms with Crippen molar-refractivity contribution in [3.8, 4) is 0 Å². The number of aryl methyl sites for hydroxylation is 1. The summed E-state index contributed by atoms with van der Waals surface area (Å²) in [6.07, 6.45) is 4.17. The molecule has 0 bridgehead atoms. The van der Waals surface area contributed by atoms with Gasteiger partial charge in [0.15, 0.2) is 0 Å². The molecule has 0 aliphatic heterocycles. The fraction of sp³-hybridized carbons (Fsp3) is 0.769. The molecule has 0 amide bonds. The van der Waals surface area contributed by atoms with E-state index in [9.17, 15) is 0 Å². The Morgan fingerprint density at radius 2 is 2.22 bits per heavy atom. The molecule has 4 nitrogen and oxygen atoms in total. The van der Waals surface area contributed by atoms with Crippen LogP contribution in [0.1, 0.15) is 45.3 Å². The molecule has 0 saturated heterocycles. The molecule has 1 N–H and O–H groups in total. The number of nitrogens with zero attached hydrogens (tertiary/aromatic N) is 2. The highest BCUT2D eigenvalue weighted by Crippen LogP contribution is 2.27. The van der Waals surface area contributed by atoms with E-state index in [0.29, 0.717) is 0 Å². The van der Waals surface area contributed by atoms with E-state index in [-0.39, 0.29) is 12.1 Å². The van der Waals surface area contributed by atoms with E-state index in [0.717, 1.165) is 30.4 Å². The average Bonchev–Trinajstić information content (AvgIpc) is 2.75. The van der Waals surface area contributed by atoms with Crippen LogP contribution in [0, 0.1) is 0 Å². The average molecular weight is 318 g/mol. The van der Waals surface area contributed by atoms with Crippen LogP contribution in [0.2, 0.25) is 0 Å². The van der Waals surface area contributed by atoms with E-state index in [1.807, 2.05) is 10.9 Å². The van der Waals surface area contributed by atoms with Crippen molar-refractivity contribution in [2.24, 2.45) is 0 Å². The molecule has 0 aliphatic carbocycles. The summed E-state index contributed by atoms with van der Waals surface area (Å²) in [5.74, 6) is 0. The summed E-state index contributed by atoms with van der Waals surface area (Å²) in [4.78, 5) is 0. The number of nitrogens with one attached hydrogen (secondary N) is 1. The van der Waals surface area contributed by atoms with Gasteiger partial charge in [0.2, 0.25) is 0 Å². The summed E-state index contributed by atoms with van der Waals surface area (Å²) in [6.45, 7) is 8.27. The number of rotatable bonds is 8. The van der Waals surface area contributed by atoms with Crippen LogP contribution in [-0.4, -0.2) is 29.5 Å². The normalized spacial score (nSPS) is 14.7. The van der Waals surface area contributed by atoms with E-state index in [1.54, 1.807) is 7.11 Å². The second-order valence-electron chi connectivity index (χ2n) is 4.48. The molecular weight excluding hydrogens is 294 g/mol. The molecule has 5 heteroatoms. The first-order chi connectivity index (χ1) is 8.63. The minimum atomic E-state index is 0.228. The van der Waals surface area contributed by atoms with Gasteiger partial charge in [-0.2, -0.15) is 5.10 Å². The van der Waals surface area contributed by atoms with E-state index in [4.69, 9.17) is 4.74 Å². The highest BCUT2D eigenvalue weighted by Gasteiger charge is 2.21. The Kier molecular flexibility index (Phi) is 6.89. The summed E-state index contributed by atoms with van der Waals surface area (Å²) in [5, 5.41) is 7.97. The molecular formula is C13H24BrN3O. The van der Waals surface area contributed by atoms with Gasteiger partial charge in [-0.05, 0) is 49.2 Å². The number of methoxy groups -OCH3 is 1. The predicted octanol–water partition coefficient (Wildman–Crippen LogP) is 3.13. The third-order valence-corrected chi connectivity index (χ3v) is 3.68. The molecule has 1 rings (SSSR count). The lowest BCUT2D eigenvalue weighted by atomic mass is 10.1.